The third-order valence-corrected chi connectivity index (χ3v) is 2.02. The fourth-order valence-electron chi connectivity index (χ4n) is 1.33. The van der Waals surface area contributed by atoms with Crippen molar-refractivity contribution in [2.45, 2.75) is 6.92 Å². The number of para-hydroxylation sites is 1. The summed E-state index contributed by atoms with van der Waals surface area (Å²) >= 11 is 0. The second-order valence-corrected chi connectivity index (χ2v) is 3.13. The Morgan fingerprint density at radius 1 is 1.50 bits per heavy atom. The summed E-state index contributed by atoms with van der Waals surface area (Å²) in [5, 5.41) is 0. The minimum atomic E-state index is 0.0597. The van der Waals surface area contributed by atoms with Crippen molar-refractivity contribution in [3.63, 3.8) is 0 Å². The Morgan fingerprint density at radius 2 is 2.14 bits per heavy atom. The molecule has 0 fully saturated rings. The van der Waals surface area contributed by atoms with Crippen LogP contribution in [-0.4, -0.2) is 19.4 Å². The molecule has 72 valence electrons. The van der Waals surface area contributed by atoms with Crippen LogP contribution in [0.4, 0.5) is 5.69 Å². The number of hydrogen-bond donors (Lipinski definition) is 0. The highest BCUT2D eigenvalue weighted by atomic mass is 16.1. The Morgan fingerprint density at radius 3 is 2.71 bits per heavy atom. The molecule has 0 aliphatic carbocycles. The van der Waals surface area contributed by atoms with Crippen LogP contribution in [0.15, 0.2) is 24.3 Å². The van der Waals surface area contributed by atoms with Crippen LogP contribution in [0.25, 0.3) is 0 Å². The zero-order chi connectivity index (χ0) is 10.6. The minimum absolute atomic E-state index is 0.0597. The molecule has 0 spiro atoms. The molecule has 1 aromatic rings. The Kier molecular flexibility index (Phi) is 3.30. The van der Waals surface area contributed by atoms with Gasteiger partial charge >= 0.3 is 0 Å². The molecule has 1 aromatic carbocycles. The van der Waals surface area contributed by atoms with Crippen molar-refractivity contribution >= 4 is 11.5 Å². The van der Waals surface area contributed by atoms with Crippen molar-refractivity contribution in [2.24, 2.45) is 0 Å². The van der Waals surface area contributed by atoms with Gasteiger partial charge in [0.25, 0.3) is 0 Å². The summed E-state index contributed by atoms with van der Waals surface area (Å²) in [6.07, 6.45) is 5.22. The van der Waals surface area contributed by atoms with Crippen LogP contribution in [0, 0.1) is 12.3 Å². The Hall–Kier alpha value is -1.75. The summed E-state index contributed by atoms with van der Waals surface area (Å²) in [5.74, 6) is 2.61. The van der Waals surface area contributed by atoms with E-state index in [0.29, 0.717) is 12.1 Å². The molecule has 0 aliphatic rings. The van der Waals surface area contributed by atoms with E-state index in [1.807, 2.05) is 36.2 Å². The number of Topliss-reactive ketones (excluding diaryl/α,β-unsaturated/α-hetero) is 1. The molecule has 0 unspecified atom stereocenters. The first-order valence-electron chi connectivity index (χ1n) is 4.41. The maximum atomic E-state index is 11.3. The molecule has 1 rings (SSSR count). The summed E-state index contributed by atoms with van der Waals surface area (Å²) in [4.78, 5) is 13.2. The predicted octanol–water partition coefficient (Wildman–Crippen LogP) is 1.96. The van der Waals surface area contributed by atoms with Crippen molar-refractivity contribution in [3.05, 3.63) is 29.8 Å². The van der Waals surface area contributed by atoms with E-state index in [1.54, 1.807) is 6.92 Å². The van der Waals surface area contributed by atoms with Gasteiger partial charge in [0.15, 0.2) is 5.78 Å². The van der Waals surface area contributed by atoms with Gasteiger partial charge in [-0.05, 0) is 19.1 Å². The van der Waals surface area contributed by atoms with E-state index >= 15 is 0 Å². The summed E-state index contributed by atoms with van der Waals surface area (Å²) in [6, 6.07) is 7.46. The van der Waals surface area contributed by atoms with Gasteiger partial charge in [-0.3, -0.25) is 4.79 Å². The number of benzene rings is 1. The van der Waals surface area contributed by atoms with Crippen molar-refractivity contribution in [2.75, 3.05) is 18.5 Å². The normalized spacial score (nSPS) is 9.21. The molecule has 2 heteroatoms. The van der Waals surface area contributed by atoms with Gasteiger partial charge in [-0.15, -0.1) is 6.42 Å². The maximum Gasteiger partial charge on any atom is 0.161 e. The fraction of sp³-hybridized carbons (Fsp3) is 0.250. The average molecular weight is 187 g/mol. The third-order valence-electron chi connectivity index (χ3n) is 2.02. The van der Waals surface area contributed by atoms with Gasteiger partial charge in [0.1, 0.15) is 0 Å². The van der Waals surface area contributed by atoms with E-state index in [4.69, 9.17) is 6.42 Å². The van der Waals surface area contributed by atoms with E-state index < -0.39 is 0 Å². The fourth-order valence-corrected chi connectivity index (χ4v) is 1.33. The molecule has 0 atom stereocenters. The Labute approximate surface area is 84.5 Å². The average Bonchev–Trinajstić information content (AvgIpc) is 2.18. The van der Waals surface area contributed by atoms with Gasteiger partial charge in [0.2, 0.25) is 0 Å². The van der Waals surface area contributed by atoms with E-state index in [1.165, 1.54) is 0 Å². The van der Waals surface area contributed by atoms with E-state index in [-0.39, 0.29) is 5.78 Å². The van der Waals surface area contributed by atoms with Crippen LogP contribution >= 0.6 is 0 Å². The molecule has 0 saturated carbocycles. The quantitative estimate of drug-likeness (QED) is 0.532. The second kappa shape index (κ2) is 4.48. The minimum Gasteiger partial charge on any atom is -0.363 e. The molecular weight excluding hydrogens is 174 g/mol. The maximum absolute atomic E-state index is 11.3. The van der Waals surface area contributed by atoms with Crippen molar-refractivity contribution in [1.29, 1.82) is 0 Å². The number of nitrogens with zero attached hydrogens (tertiary/aromatic N) is 1. The molecule has 0 N–H and O–H groups in total. The molecule has 0 saturated heterocycles. The third kappa shape index (κ3) is 2.14. The zero-order valence-corrected chi connectivity index (χ0v) is 8.45. The Bertz CT molecular complexity index is 376. The van der Waals surface area contributed by atoms with E-state index in [2.05, 4.69) is 5.92 Å². The van der Waals surface area contributed by atoms with Gasteiger partial charge in [-0.25, -0.2) is 0 Å². The van der Waals surface area contributed by atoms with Crippen LogP contribution in [-0.2, 0) is 0 Å². The topological polar surface area (TPSA) is 20.3 Å². The summed E-state index contributed by atoms with van der Waals surface area (Å²) < 4.78 is 0. The lowest BCUT2D eigenvalue weighted by atomic mass is 10.1. The molecule has 0 aromatic heterocycles. The van der Waals surface area contributed by atoms with Gasteiger partial charge in [-0.1, -0.05) is 18.1 Å². The number of ketones is 1. The van der Waals surface area contributed by atoms with Crippen LogP contribution in [0.5, 0.6) is 0 Å². The SMILES string of the molecule is C#CCN(C)c1ccccc1C(C)=O. The van der Waals surface area contributed by atoms with E-state index in [9.17, 15) is 4.79 Å². The van der Waals surface area contributed by atoms with Crippen molar-refractivity contribution in [3.8, 4) is 12.3 Å². The molecule has 0 amide bonds. The summed E-state index contributed by atoms with van der Waals surface area (Å²) in [7, 11) is 1.88. The lowest BCUT2D eigenvalue weighted by Gasteiger charge is -2.18. The van der Waals surface area contributed by atoms with Crippen LogP contribution in [0.3, 0.4) is 0 Å². The van der Waals surface area contributed by atoms with Crippen LogP contribution in [0.1, 0.15) is 17.3 Å². The number of terminal acetylenes is 1. The monoisotopic (exact) mass is 187 g/mol. The first-order chi connectivity index (χ1) is 6.66. The largest absolute Gasteiger partial charge is 0.363 e. The zero-order valence-electron chi connectivity index (χ0n) is 8.45. The number of rotatable bonds is 3. The molecule has 0 heterocycles. The molecular formula is C12H13NO. The first kappa shape index (κ1) is 10.3. The first-order valence-corrected chi connectivity index (χ1v) is 4.41. The molecule has 14 heavy (non-hydrogen) atoms. The number of carbonyl (C=O) groups is 1. The number of hydrogen-bond acceptors (Lipinski definition) is 2. The second-order valence-electron chi connectivity index (χ2n) is 3.13. The van der Waals surface area contributed by atoms with Crippen LogP contribution in [0.2, 0.25) is 0 Å². The van der Waals surface area contributed by atoms with Gasteiger partial charge in [0, 0.05) is 18.3 Å². The smallest absolute Gasteiger partial charge is 0.161 e. The van der Waals surface area contributed by atoms with Gasteiger partial charge in [-0.2, -0.15) is 0 Å². The van der Waals surface area contributed by atoms with Gasteiger partial charge in [0.05, 0.1) is 6.54 Å². The highest BCUT2D eigenvalue weighted by molar-refractivity contribution is 5.99. The molecule has 0 aliphatic heterocycles. The highest BCUT2D eigenvalue weighted by Crippen LogP contribution is 2.18. The van der Waals surface area contributed by atoms with Crippen LogP contribution < -0.4 is 4.90 Å². The van der Waals surface area contributed by atoms with Gasteiger partial charge < -0.3 is 4.90 Å². The Balaban J connectivity index is 3.08. The summed E-state index contributed by atoms with van der Waals surface area (Å²) in [6.45, 7) is 2.06. The standard InChI is InChI=1S/C12H13NO/c1-4-9-13(3)12-8-6-5-7-11(12)10(2)14/h1,5-8H,9H2,2-3H3. The lowest BCUT2D eigenvalue weighted by Crippen LogP contribution is -2.19. The van der Waals surface area contributed by atoms with Crippen molar-refractivity contribution in [1.82, 2.24) is 0 Å². The van der Waals surface area contributed by atoms with E-state index in [0.717, 1.165) is 5.69 Å². The lowest BCUT2D eigenvalue weighted by molar-refractivity contribution is 0.101. The predicted molar refractivity (Wildman–Crippen MR) is 58.5 cm³/mol. The number of anilines is 1. The van der Waals surface area contributed by atoms with Crippen molar-refractivity contribution < 1.29 is 4.79 Å². The summed E-state index contributed by atoms with van der Waals surface area (Å²) in [5.41, 5.74) is 1.60. The highest BCUT2D eigenvalue weighted by Gasteiger charge is 2.08. The number of carbonyl (C=O) groups excluding carboxylic acids is 1. The molecule has 0 bridgehead atoms. The molecule has 2 nitrogen and oxygen atoms in total. The molecule has 0 radical (unpaired) electrons.